The third-order valence-corrected chi connectivity index (χ3v) is 8.01. The van der Waals surface area contributed by atoms with Crippen molar-refractivity contribution in [2.24, 2.45) is 0 Å². The third-order valence-electron chi connectivity index (χ3n) is 4.28. The molecule has 0 aliphatic carbocycles. The molecule has 0 unspecified atom stereocenters. The fraction of sp³-hybridized carbons (Fsp3) is 0.0500. The summed E-state index contributed by atoms with van der Waals surface area (Å²) in [5, 5.41) is 8.70. The number of aromatic nitrogens is 2. The molecule has 0 spiro atoms. The maximum Gasteiger partial charge on any atom is 0.263 e. The van der Waals surface area contributed by atoms with Crippen LogP contribution in [0.3, 0.4) is 0 Å². The van der Waals surface area contributed by atoms with Crippen LogP contribution in [0.15, 0.2) is 92.5 Å². The van der Waals surface area contributed by atoms with Crippen molar-refractivity contribution in [1.82, 2.24) is 10.2 Å². The van der Waals surface area contributed by atoms with E-state index >= 15 is 0 Å². The fourth-order valence-corrected chi connectivity index (χ4v) is 6.49. The monoisotopic (exact) mass is 459 g/mol. The highest BCUT2D eigenvalue weighted by atomic mass is 32.2. The molecule has 0 aliphatic rings. The van der Waals surface area contributed by atoms with Gasteiger partial charge in [-0.05, 0) is 42.5 Å². The molecular formula is C20H17N3O4S3. The van der Waals surface area contributed by atoms with E-state index in [0.29, 0.717) is 10.7 Å². The van der Waals surface area contributed by atoms with Crippen LogP contribution in [-0.4, -0.2) is 33.3 Å². The van der Waals surface area contributed by atoms with Gasteiger partial charge in [-0.2, -0.15) is 5.10 Å². The van der Waals surface area contributed by atoms with Crippen LogP contribution in [0.25, 0.3) is 10.9 Å². The Labute approximate surface area is 178 Å². The Balaban J connectivity index is 1.70. The number of nitrogens with one attached hydrogen (secondary N) is 2. The number of sulfone groups is 1. The van der Waals surface area contributed by atoms with E-state index in [2.05, 4.69) is 14.9 Å². The Morgan fingerprint density at radius 1 is 0.867 bits per heavy atom. The van der Waals surface area contributed by atoms with Crippen molar-refractivity contribution in [3.8, 4) is 0 Å². The van der Waals surface area contributed by atoms with Crippen molar-refractivity contribution in [2.45, 2.75) is 19.7 Å². The second-order valence-electron chi connectivity index (χ2n) is 6.53. The second-order valence-corrected chi connectivity index (χ2v) is 11.2. The number of anilines is 1. The molecule has 7 nitrogen and oxygen atoms in total. The molecule has 154 valence electrons. The highest BCUT2D eigenvalue weighted by molar-refractivity contribution is 7.99. The molecule has 2 N–H and O–H groups in total. The average molecular weight is 460 g/mol. The maximum atomic E-state index is 12.9. The van der Waals surface area contributed by atoms with E-state index in [0.717, 1.165) is 22.1 Å². The normalized spacial score (nSPS) is 12.2. The zero-order valence-corrected chi connectivity index (χ0v) is 18.2. The van der Waals surface area contributed by atoms with Crippen molar-refractivity contribution < 1.29 is 16.8 Å². The fourth-order valence-electron chi connectivity index (χ4n) is 2.92. The van der Waals surface area contributed by atoms with E-state index in [4.69, 9.17) is 0 Å². The quantitative estimate of drug-likeness (QED) is 0.452. The SMILES string of the molecule is CS(=O)(=O)c1ccccc1S(=O)(=O)Nc1ccc2[nH]nc(Sc3ccccc3)c2c1. The Kier molecular flexibility index (Phi) is 5.31. The van der Waals surface area contributed by atoms with Crippen molar-refractivity contribution in [2.75, 3.05) is 11.0 Å². The standard InChI is InChI=1S/C20H17N3O4S3/c1-29(24,25)18-9-5-6-10-19(18)30(26,27)23-14-11-12-17-16(13-14)20(22-21-17)28-15-7-3-2-4-8-15/h2-13,23H,1H3,(H,21,22). The number of nitrogens with zero attached hydrogens (tertiary/aromatic N) is 1. The molecule has 0 amide bonds. The molecule has 0 fully saturated rings. The number of fused-ring (bicyclic) bond motifs is 1. The molecule has 30 heavy (non-hydrogen) atoms. The highest BCUT2D eigenvalue weighted by Gasteiger charge is 2.23. The number of hydrogen-bond acceptors (Lipinski definition) is 6. The first-order valence-electron chi connectivity index (χ1n) is 8.77. The van der Waals surface area contributed by atoms with Gasteiger partial charge in [0.15, 0.2) is 9.84 Å². The summed E-state index contributed by atoms with van der Waals surface area (Å²) in [6.07, 6.45) is 0.978. The number of benzene rings is 3. The molecule has 10 heteroatoms. The largest absolute Gasteiger partial charge is 0.280 e. The van der Waals surface area contributed by atoms with E-state index in [1.165, 1.54) is 36.0 Å². The summed E-state index contributed by atoms with van der Waals surface area (Å²) in [5.74, 6) is 0. The van der Waals surface area contributed by atoms with Gasteiger partial charge in [0.2, 0.25) is 0 Å². The number of hydrogen-bond donors (Lipinski definition) is 2. The topological polar surface area (TPSA) is 109 Å². The lowest BCUT2D eigenvalue weighted by Gasteiger charge is -2.11. The van der Waals surface area contributed by atoms with Crippen molar-refractivity contribution >= 4 is 48.2 Å². The van der Waals surface area contributed by atoms with Crippen molar-refractivity contribution in [1.29, 1.82) is 0 Å². The van der Waals surface area contributed by atoms with Gasteiger partial charge in [0.1, 0.15) is 9.92 Å². The number of rotatable bonds is 6. The molecule has 4 aromatic rings. The van der Waals surface area contributed by atoms with E-state index in [-0.39, 0.29) is 9.79 Å². The molecule has 0 saturated heterocycles. The Hall–Kier alpha value is -2.82. The second kappa shape index (κ2) is 7.78. The maximum absolute atomic E-state index is 12.9. The summed E-state index contributed by atoms with van der Waals surface area (Å²) in [6, 6.07) is 20.2. The lowest BCUT2D eigenvalue weighted by Crippen LogP contribution is -2.16. The van der Waals surface area contributed by atoms with Gasteiger partial charge in [0.25, 0.3) is 10.0 Å². The minimum absolute atomic E-state index is 0.248. The zero-order chi connectivity index (χ0) is 21.4. The van der Waals surface area contributed by atoms with E-state index in [1.807, 2.05) is 30.3 Å². The number of H-pyrrole nitrogens is 1. The van der Waals surface area contributed by atoms with Crippen LogP contribution in [0.5, 0.6) is 0 Å². The zero-order valence-electron chi connectivity index (χ0n) is 15.7. The lowest BCUT2D eigenvalue weighted by atomic mass is 10.2. The van der Waals surface area contributed by atoms with Gasteiger partial charge in [-0.3, -0.25) is 9.82 Å². The molecule has 4 rings (SSSR count). The first-order chi connectivity index (χ1) is 14.2. The van der Waals surface area contributed by atoms with Gasteiger partial charge < -0.3 is 0 Å². The van der Waals surface area contributed by atoms with Crippen LogP contribution < -0.4 is 4.72 Å². The third kappa shape index (κ3) is 4.20. The molecule has 1 aromatic heterocycles. The summed E-state index contributed by atoms with van der Waals surface area (Å²) in [4.78, 5) is 0.458. The van der Waals surface area contributed by atoms with Gasteiger partial charge in [-0.25, -0.2) is 16.8 Å². The minimum Gasteiger partial charge on any atom is -0.280 e. The summed E-state index contributed by atoms with van der Waals surface area (Å²) in [6.45, 7) is 0. The number of sulfonamides is 1. The smallest absolute Gasteiger partial charge is 0.263 e. The van der Waals surface area contributed by atoms with E-state index < -0.39 is 19.9 Å². The van der Waals surface area contributed by atoms with Crippen LogP contribution in [0, 0.1) is 0 Å². The van der Waals surface area contributed by atoms with E-state index in [1.54, 1.807) is 18.2 Å². The van der Waals surface area contributed by atoms with Gasteiger partial charge >= 0.3 is 0 Å². The highest BCUT2D eigenvalue weighted by Crippen LogP contribution is 2.33. The molecule has 0 radical (unpaired) electrons. The van der Waals surface area contributed by atoms with E-state index in [9.17, 15) is 16.8 Å². The van der Waals surface area contributed by atoms with Crippen LogP contribution in [0.4, 0.5) is 5.69 Å². The predicted molar refractivity (Wildman–Crippen MR) is 117 cm³/mol. The Bertz CT molecular complexity index is 1430. The first kappa shape index (κ1) is 20.5. The molecule has 0 bridgehead atoms. The molecule has 1 heterocycles. The lowest BCUT2D eigenvalue weighted by molar-refractivity contribution is 0.588. The molecule has 3 aromatic carbocycles. The average Bonchev–Trinajstić information content (AvgIpc) is 3.10. The predicted octanol–water partition coefficient (Wildman–Crippen LogP) is 3.92. The summed E-state index contributed by atoms with van der Waals surface area (Å²) >= 11 is 1.45. The van der Waals surface area contributed by atoms with Crippen molar-refractivity contribution in [3.05, 3.63) is 72.8 Å². The van der Waals surface area contributed by atoms with Gasteiger partial charge in [0.05, 0.1) is 10.4 Å². The Morgan fingerprint density at radius 2 is 1.53 bits per heavy atom. The van der Waals surface area contributed by atoms with Gasteiger partial charge in [-0.15, -0.1) is 0 Å². The molecule has 0 aliphatic heterocycles. The number of aromatic amines is 1. The summed E-state index contributed by atoms with van der Waals surface area (Å²) < 4.78 is 52.3. The minimum atomic E-state index is -4.12. The molecule has 0 atom stereocenters. The van der Waals surface area contributed by atoms with Crippen LogP contribution in [0.1, 0.15) is 0 Å². The van der Waals surface area contributed by atoms with Crippen LogP contribution in [-0.2, 0) is 19.9 Å². The van der Waals surface area contributed by atoms with Gasteiger partial charge in [0, 0.05) is 22.2 Å². The van der Waals surface area contributed by atoms with Crippen molar-refractivity contribution in [3.63, 3.8) is 0 Å². The summed E-state index contributed by atoms with van der Waals surface area (Å²) in [5.41, 5.74) is 1.06. The van der Waals surface area contributed by atoms with Gasteiger partial charge in [-0.1, -0.05) is 42.1 Å². The molecule has 0 saturated carbocycles. The Morgan fingerprint density at radius 3 is 2.23 bits per heavy atom. The first-order valence-corrected chi connectivity index (χ1v) is 13.0. The summed E-state index contributed by atoms with van der Waals surface area (Å²) in [7, 11) is -7.83. The van der Waals surface area contributed by atoms with Crippen LogP contribution >= 0.6 is 11.8 Å². The van der Waals surface area contributed by atoms with Crippen LogP contribution in [0.2, 0.25) is 0 Å². The molecular weight excluding hydrogens is 442 g/mol.